The van der Waals surface area contributed by atoms with Gasteiger partial charge >= 0.3 is 0 Å². The molecule has 17 heavy (non-hydrogen) atoms. The second kappa shape index (κ2) is 4.30. The summed E-state index contributed by atoms with van der Waals surface area (Å²) in [7, 11) is 1.79. The summed E-state index contributed by atoms with van der Waals surface area (Å²) in [5.74, 6) is -0.333. The van der Waals surface area contributed by atoms with Gasteiger partial charge in [0.2, 0.25) is 0 Å². The molecule has 4 heteroatoms. The maximum absolute atomic E-state index is 13.3. The standard InChI is InChI=1S/C13H15FN2O/c1-8-4-10(6-11(14)5-8)13(17)12-7-16(3)15-9(12)2/h4-7,13,17H,1-3H3. The van der Waals surface area contributed by atoms with Gasteiger partial charge in [-0.2, -0.15) is 5.10 Å². The van der Waals surface area contributed by atoms with Crippen LogP contribution in [0.15, 0.2) is 24.4 Å². The quantitative estimate of drug-likeness (QED) is 0.865. The number of rotatable bonds is 2. The predicted molar refractivity (Wildman–Crippen MR) is 63.1 cm³/mol. The minimum atomic E-state index is -0.835. The van der Waals surface area contributed by atoms with E-state index in [2.05, 4.69) is 5.10 Å². The lowest BCUT2D eigenvalue weighted by Crippen LogP contribution is -2.01. The predicted octanol–water partition coefficient (Wildman–Crippen LogP) is 2.26. The highest BCUT2D eigenvalue weighted by Gasteiger charge is 2.16. The average Bonchev–Trinajstić information content (AvgIpc) is 2.55. The summed E-state index contributed by atoms with van der Waals surface area (Å²) in [6.45, 7) is 3.63. The van der Waals surface area contributed by atoms with Crippen molar-refractivity contribution in [1.29, 1.82) is 0 Å². The summed E-state index contributed by atoms with van der Waals surface area (Å²) in [5.41, 5.74) is 2.80. The summed E-state index contributed by atoms with van der Waals surface area (Å²) >= 11 is 0. The van der Waals surface area contributed by atoms with E-state index in [1.54, 1.807) is 30.9 Å². The van der Waals surface area contributed by atoms with Crippen LogP contribution in [0.25, 0.3) is 0 Å². The van der Waals surface area contributed by atoms with Crippen LogP contribution in [0.2, 0.25) is 0 Å². The van der Waals surface area contributed by atoms with Gasteiger partial charge in [0.1, 0.15) is 11.9 Å². The first-order valence-corrected chi connectivity index (χ1v) is 5.42. The SMILES string of the molecule is Cc1cc(F)cc(C(O)c2cn(C)nc2C)c1. The Labute approximate surface area is 99.5 Å². The van der Waals surface area contributed by atoms with Crippen LogP contribution in [0.5, 0.6) is 0 Å². The second-order valence-electron chi connectivity index (χ2n) is 4.31. The zero-order valence-corrected chi connectivity index (χ0v) is 10.1. The molecule has 0 aliphatic carbocycles. The Morgan fingerprint density at radius 2 is 2.00 bits per heavy atom. The molecule has 0 saturated carbocycles. The lowest BCUT2D eigenvalue weighted by atomic mass is 10.0. The molecule has 0 amide bonds. The van der Waals surface area contributed by atoms with E-state index in [1.807, 2.05) is 6.92 Å². The Balaban J connectivity index is 2.43. The fourth-order valence-corrected chi connectivity index (χ4v) is 1.99. The molecule has 0 radical (unpaired) electrons. The van der Waals surface area contributed by atoms with Crippen molar-refractivity contribution < 1.29 is 9.50 Å². The van der Waals surface area contributed by atoms with Gasteiger partial charge < -0.3 is 5.11 Å². The number of aromatic nitrogens is 2. The maximum atomic E-state index is 13.3. The Bertz CT molecular complexity index is 528. The van der Waals surface area contributed by atoms with Crippen molar-refractivity contribution >= 4 is 0 Å². The molecule has 0 aliphatic heterocycles. The third-order valence-corrected chi connectivity index (χ3v) is 2.73. The largest absolute Gasteiger partial charge is 0.384 e. The third kappa shape index (κ3) is 2.36. The van der Waals surface area contributed by atoms with Gasteiger partial charge in [0.15, 0.2) is 0 Å². The van der Waals surface area contributed by atoms with Crippen molar-refractivity contribution in [3.8, 4) is 0 Å². The van der Waals surface area contributed by atoms with Crippen molar-refractivity contribution in [1.82, 2.24) is 9.78 Å². The van der Waals surface area contributed by atoms with Gasteiger partial charge in [0.05, 0.1) is 5.69 Å². The first-order valence-electron chi connectivity index (χ1n) is 5.42. The molecule has 90 valence electrons. The number of hydrogen-bond donors (Lipinski definition) is 1. The molecule has 2 rings (SSSR count). The van der Waals surface area contributed by atoms with Crippen LogP contribution < -0.4 is 0 Å². The number of aliphatic hydroxyl groups is 1. The molecule has 1 unspecified atom stereocenters. The molecule has 1 aromatic heterocycles. The molecule has 0 spiro atoms. The van der Waals surface area contributed by atoms with Crippen LogP contribution >= 0.6 is 0 Å². The molecule has 1 aromatic carbocycles. The lowest BCUT2D eigenvalue weighted by molar-refractivity contribution is 0.219. The highest BCUT2D eigenvalue weighted by atomic mass is 19.1. The Morgan fingerprint density at radius 3 is 2.53 bits per heavy atom. The molecule has 1 heterocycles. The van der Waals surface area contributed by atoms with Gasteiger partial charge in [-0.05, 0) is 37.1 Å². The van der Waals surface area contributed by atoms with Gasteiger partial charge in [-0.1, -0.05) is 6.07 Å². The zero-order valence-electron chi connectivity index (χ0n) is 10.1. The summed E-state index contributed by atoms with van der Waals surface area (Å²) in [6, 6.07) is 4.57. The monoisotopic (exact) mass is 234 g/mol. The Kier molecular flexibility index (Phi) is 2.98. The summed E-state index contributed by atoms with van der Waals surface area (Å²) < 4.78 is 14.9. The van der Waals surface area contributed by atoms with Crippen LogP contribution in [0.4, 0.5) is 4.39 Å². The van der Waals surface area contributed by atoms with Crippen LogP contribution in [0, 0.1) is 19.7 Å². The van der Waals surface area contributed by atoms with E-state index in [9.17, 15) is 9.50 Å². The molecule has 0 fully saturated rings. The van der Waals surface area contributed by atoms with E-state index in [0.717, 1.165) is 11.3 Å². The van der Waals surface area contributed by atoms with E-state index in [0.29, 0.717) is 11.1 Å². The average molecular weight is 234 g/mol. The fourth-order valence-electron chi connectivity index (χ4n) is 1.99. The van der Waals surface area contributed by atoms with Crippen molar-refractivity contribution in [3.63, 3.8) is 0 Å². The molecular weight excluding hydrogens is 219 g/mol. The van der Waals surface area contributed by atoms with E-state index in [4.69, 9.17) is 0 Å². The van der Waals surface area contributed by atoms with E-state index >= 15 is 0 Å². The molecule has 1 atom stereocenters. The van der Waals surface area contributed by atoms with Crippen LogP contribution in [0.1, 0.15) is 28.5 Å². The maximum Gasteiger partial charge on any atom is 0.123 e. The first-order chi connectivity index (χ1) is 7.97. The zero-order chi connectivity index (χ0) is 12.6. The minimum absolute atomic E-state index is 0.333. The normalized spacial score (nSPS) is 12.8. The number of nitrogens with zero attached hydrogens (tertiary/aromatic N) is 2. The molecule has 0 aliphatic rings. The van der Waals surface area contributed by atoms with Gasteiger partial charge in [0, 0.05) is 18.8 Å². The highest BCUT2D eigenvalue weighted by molar-refractivity contribution is 5.33. The van der Waals surface area contributed by atoms with Crippen molar-refractivity contribution in [3.05, 3.63) is 52.6 Å². The van der Waals surface area contributed by atoms with E-state index < -0.39 is 6.10 Å². The van der Waals surface area contributed by atoms with Gasteiger partial charge in [-0.15, -0.1) is 0 Å². The number of benzene rings is 1. The summed E-state index contributed by atoms with van der Waals surface area (Å²) in [5, 5.41) is 14.4. The minimum Gasteiger partial charge on any atom is -0.384 e. The highest BCUT2D eigenvalue weighted by Crippen LogP contribution is 2.25. The summed E-state index contributed by atoms with van der Waals surface area (Å²) in [6.07, 6.45) is 0.915. The van der Waals surface area contributed by atoms with E-state index in [-0.39, 0.29) is 5.82 Å². The molecule has 0 saturated heterocycles. The van der Waals surface area contributed by atoms with Crippen LogP contribution in [-0.4, -0.2) is 14.9 Å². The number of hydrogen-bond acceptors (Lipinski definition) is 2. The Hall–Kier alpha value is -1.68. The lowest BCUT2D eigenvalue weighted by Gasteiger charge is -2.11. The molecule has 0 bridgehead atoms. The van der Waals surface area contributed by atoms with Crippen molar-refractivity contribution in [2.24, 2.45) is 7.05 Å². The number of aryl methyl sites for hydroxylation is 3. The number of aliphatic hydroxyl groups excluding tert-OH is 1. The first kappa shape index (κ1) is 11.8. The summed E-state index contributed by atoms with van der Waals surface area (Å²) in [4.78, 5) is 0. The van der Waals surface area contributed by atoms with Crippen LogP contribution in [-0.2, 0) is 7.05 Å². The molecule has 2 aromatic rings. The van der Waals surface area contributed by atoms with Gasteiger partial charge in [-0.3, -0.25) is 4.68 Å². The van der Waals surface area contributed by atoms with Gasteiger partial charge in [0.25, 0.3) is 0 Å². The topological polar surface area (TPSA) is 38.0 Å². The fraction of sp³-hybridized carbons (Fsp3) is 0.308. The molecular formula is C13H15FN2O. The van der Waals surface area contributed by atoms with E-state index in [1.165, 1.54) is 12.1 Å². The Morgan fingerprint density at radius 1 is 1.29 bits per heavy atom. The van der Waals surface area contributed by atoms with Crippen molar-refractivity contribution in [2.45, 2.75) is 20.0 Å². The van der Waals surface area contributed by atoms with Gasteiger partial charge in [-0.25, -0.2) is 4.39 Å². The van der Waals surface area contributed by atoms with Crippen LogP contribution in [0.3, 0.4) is 0 Å². The molecule has 1 N–H and O–H groups in total. The second-order valence-corrected chi connectivity index (χ2v) is 4.31. The smallest absolute Gasteiger partial charge is 0.123 e. The molecule has 3 nitrogen and oxygen atoms in total. The van der Waals surface area contributed by atoms with Crippen molar-refractivity contribution in [2.75, 3.05) is 0 Å². The third-order valence-electron chi connectivity index (χ3n) is 2.73. The number of halogens is 1.